The zero-order valence-corrected chi connectivity index (χ0v) is 16.2. The van der Waals surface area contributed by atoms with Gasteiger partial charge in [0.1, 0.15) is 5.00 Å². The molecule has 0 aliphatic carbocycles. The van der Waals surface area contributed by atoms with E-state index in [1.807, 2.05) is 13.0 Å². The number of benzene rings is 1. The van der Waals surface area contributed by atoms with Gasteiger partial charge in [0, 0.05) is 23.4 Å². The van der Waals surface area contributed by atoms with Crippen LogP contribution in [-0.4, -0.2) is 24.4 Å². The summed E-state index contributed by atoms with van der Waals surface area (Å²) >= 11 is 7.18. The molecule has 0 fully saturated rings. The van der Waals surface area contributed by atoms with Gasteiger partial charge in [-0.1, -0.05) is 23.7 Å². The number of aryl methyl sites for hydroxylation is 1. The van der Waals surface area contributed by atoms with E-state index in [1.54, 1.807) is 25.1 Å². The molecule has 0 aliphatic rings. The molecule has 2 aromatic rings. The molecule has 2 N–H and O–H groups in total. The van der Waals surface area contributed by atoms with Gasteiger partial charge in [0.25, 0.3) is 5.91 Å². The summed E-state index contributed by atoms with van der Waals surface area (Å²) < 4.78 is 5.10. The van der Waals surface area contributed by atoms with Crippen molar-refractivity contribution in [2.45, 2.75) is 27.3 Å². The molecule has 2 rings (SSSR count). The van der Waals surface area contributed by atoms with Crippen molar-refractivity contribution in [2.75, 3.05) is 11.9 Å². The van der Waals surface area contributed by atoms with Crippen LogP contribution in [0.1, 0.15) is 33.3 Å². The van der Waals surface area contributed by atoms with Crippen molar-refractivity contribution in [1.82, 2.24) is 5.32 Å². The zero-order chi connectivity index (χ0) is 19.3. The minimum absolute atomic E-state index is 0.278. The predicted octanol–water partition coefficient (Wildman–Crippen LogP) is 3.45. The molecule has 2 amide bonds. The van der Waals surface area contributed by atoms with Crippen molar-refractivity contribution in [3.8, 4) is 0 Å². The molecule has 0 unspecified atom stereocenters. The molecule has 0 aliphatic heterocycles. The minimum atomic E-state index is -0.645. The van der Waals surface area contributed by atoms with Gasteiger partial charge in [-0.3, -0.25) is 9.59 Å². The number of rotatable bonds is 6. The highest BCUT2D eigenvalue weighted by Crippen LogP contribution is 2.32. The molecule has 0 atom stereocenters. The Bertz CT molecular complexity index is 848. The monoisotopic (exact) mass is 394 g/mol. The van der Waals surface area contributed by atoms with E-state index in [4.69, 9.17) is 16.3 Å². The molecule has 1 aromatic heterocycles. The second-order valence-corrected chi connectivity index (χ2v) is 7.31. The summed E-state index contributed by atoms with van der Waals surface area (Å²) in [5.41, 5.74) is 1.85. The van der Waals surface area contributed by atoms with Crippen LogP contribution >= 0.6 is 22.9 Å². The highest BCUT2D eigenvalue weighted by atomic mass is 35.5. The van der Waals surface area contributed by atoms with Crippen LogP contribution in [0.15, 0.2) is 24.3 Å². The van der Waals surface area contributed by atoms with Crippen molar-refractivity contribution in [1.29, 1.82) is 0 Å². The summed E-state index contributed by atoms with van der Waals surface area (Å²) in [4.78, 5) is 36.4. The second-order valence-electron chi connectivity index (χ2n) is 5.65. The molecule has 0 spiro atoms. The zero-order valence-electron chi connectivity index (χ0n) is 14.6. The molecular weight excluding hydrogens is 376 g/mol. The van der Waals surface area contributed by atoms with Crippen molar-refractivity contribution < 1.29 is 19.1 Å². The van der Waals surface area contributed by atoms with Crippen LogP contribution in [0.25, 0.3) is 0 Å². The van der Waals surface area contributed by atoms with Gasteiger partial charge < -0.3 is 15.4 Å². The van der Waals surface area contributed by atoms with E-state index in [0.717, 1.165) is 16.0 Å². The van der Waals surface area contributed by atoms with Crippen molar-refractivity contribution >= 4 is 45.7 Å². The first-order valence-corrected chi connectivity index (χ1v) is 9.03. The molecule has 26 heavy (non-hydrogen) atoms. The largest absolute Gasteiger partial charge is 0.452 e. The molecule has 0 saturated carbocycles. The summed E-state index contributed by atoms with van der Waals surface area (Å²) in [6, 6.07) is 7.10. The van der Waals surface area contributed by atoms with E-state index in [2.05, 4.69) is 10.6 Å². The number of hydrogen-bond donors (Lipinski definition) is 2. The van der Waals surface area contributed by atoms with Crippen molar-refractivity contribution in [3.63, 3.8) is 0 Å². The SMILES string of the molecule is CC(=O)Nc1sc(C)c(C)c1C(=O)OCC(=O)NCc1cccc(Cl)c1. The fourth-order valence-electron chi connectivity index (χ4n) is 2.22. The summed E-state index contributed by atoms with van der Waals surface area (Å²) in [6.07, 6.45) is 0. The Balaban J connectivity index is 1.94. The third kappa shape index (κ3) is 5.31. The number of amides is 2. The lowest BCUT2D eigenvalue weighted by Gasteiger charge is -2.08. The van der Waals surface area contributed by atoms with Gasteiger partial charge >= 0.3 is 5.97 Å². The number of thiophene rings is 1. The van der Waals surface area contributed by atoms with Gasteiger partial charge in [-0.05, 0) is 37.1 Å². The molecule has 138 valence electrons. The maximum atomic E-state index is 12.3. The summed E-state index contributed by atoms with van der Waals surface area (Å²) in [7, 11) is 0. The normalized spacial score (nSPS) is 10.3. The maximum Gasteiger partial charge on any atom is 0.341 e. The van der Waals surface area contributed by atoms with Gasteiger partial charge in [-0.2, -0.15) is 0 Å². The Morgan fingerprint density at radius 3 is 2.62 bits per heavy atom. The molecule has 8 heteroatoms. The first-order valence-electron chi connectivity index (χ1n) is 7.83. The van der Waals surface area contributed by atoms with Crippen LogP contribution in [0.2, 0.25) is 5.02 Å². The molecule has 0 radical (unpaired) electrons. The number of carbonyl (C=O) groups excluding carboxylic acids is 3. The fourth-order valence-corrected chi connectivity index (χ4v) is 3.53. The van der Waals surface area contributed by atoms with Gasteiger partial charge in [-0.15, -0.1) is 11.3 Å². The Kier molecular flexibility index (Phi) is 6.76. The van der Waals surface area contributed by atoms with Gasteiger partial charge in [-0.25, -0.2) is 4.79 Å². The highest BCUT2D eigenvalue weighted by molar-refractivity contribution is 7.16. The second kappa shape index (κ2) is 8.82. The lowest BCUT2D eigenvalue weighted by atomic mass is 10.1. The van der Waals surface area contributed by atoms with Crippen LogP contribution in [0.4, 0.5) is 5.00 Å². The molecule has 0 bridgehead atoms. The van der Waals surface area contributed by atoms with E-state index in [0.29, 0.717) is 10.0 Å². The number of hydrogen-bond acceptors (Lipinski definition) is 5. The smallest absolute Gasteiger partial charge is 0.341 e. The average molecular weight is 395 g/mol. The lowest BCUT2D eigenvalue weighted by Crippen LogP contribution is -2.28. The molecule has 1 heterocycles. The number of esters is 1. The van der Waals surface area contributed by atoms with E-state index in [1.165, 1.54) is 18.3 Å². The predicted molar refractivity (Wildman–Crippen MR) is 102 cm³/mol. The van der Waals surface area contributed by atoms with Crippen molar-refractivity contribution in [2.24, 2.45) is 0 Å². The Hall–Kier alpha value is -2.38. The van der Waals surface area contributed by atoms with Crippen LogP contribution in [0.5, 0.6) is 0 Å². The Morgan fingerprint density at radius 2 is 1.96 bits per heavy atom. The van der Waals surface area contributed by atoms with Crippen LogP contribution < -0.4 is 10.6 Å². The number of carbonyl (C=O) groups is 3. The van der Waals surface area contributed by atoms with E-state index < -0.39 is 18.5 Å². The summed E-state index contributed by atoms with van der Waals surface area (Å²) in [5.74, 6) is -1.35. The summed E-state index contributed by atoms with van der Waals surface area (Å²) in [6.45, 7) is 4.85. The minimum Gasteiger partial charge on any atom is -0.452 e. The number of halogens is 1. The van der Waals surface area contributed by atoms with Crippen LogP contribution in [-0.2, 0) is 20.9 Å². The summed E-state index contributed by atoms with van der Waals surface area (Å²) in [5, 5.41) is 6.29. The highest BCUT2D eigenvalue weighted by Gasteiger charge is 2.22. The molecular formula is C18H19ClN2O4S. The number of nitrogens with one attached hydrogen (secondary N) is 2. The maximum absolute atomic E-state index is 12.3. The fraction of sp³-hybridized carbons (Fsp3) is 0.278. The first kappa shape index (κ1) is 19.9. The third-order valence-electron chi connectivity index (χ3n) is 3.59. The third-order valence-corrected chi connectivity index (χ3v) is 4.95. The topological polar surface area (TPSA) is 84.5 Å². The van der Waals surface area contributed by atoms with Crippen molar-refractivity contribution in [3.05, 3.63) is 50.9 Å². The van der Waals surface area contributed by atoms with Crippen LogP contribution in [0, 0.1) is 13.8 Å². The van der Waals surface area contributed by atoms with Crippen LogP contribution in [0.3, 0.4) is 0 Å². The quantitative estimate of drug-likeness (QED) is 0.735. The van der Waals surface area contributed by atoms with Gasteiger partial charge in [0.15, 0.2) is 6.61 Å². The Morgan fingerprint density at radius 1 is 1.23 bits per heavy atom. The standard InChI is InChI=1S/C18H19ClN2O4S/c1-10-11(2)26-17(21-12(3)22)16(10)18(24)25-9-15(23)20-8-13-5-4-6-14(19)7-13/h4-7H,8-9H2,1-3H3,(H,20,23)(H,21,22). The van der Waals surface area contributed by atoms with E-state index in [-0.39, 0.29) is 18.0 Å². The number of ether oxygens (including phenoxy) is 1. The van der Waals surface area contributed by atoms with E-state index in [9.17, 15) is 14.4 Å². The lowest BCUT2D eigenvalue weighted by molar-refractivity contribution is -0.124. The van der Waals surface area contributed by atoms with E-state index >= 15 is 0 Å². The van der Waals surface area contributed by atoms with Gasteiger partial charge in [0.2, 0.25) is 5.91 Å². The molecule has 6 nitrogen and oxygen atoms in total. The van der Waals surface area contributed by atoms with Gasteiger partial charge in [0.05, 0.1) is 5.56 Å². The molecule has 1 aromatic carbocycles. The first-order chi connectivity index (χ1) is 12.3. The number of anilines is 1. The average Bonchev–Trinajstić information content (AvgIpc) is 2.84. The molecule has 0 saturated heterocycles. The Labute approximate surface area is 160 Å².